The third kappa shape index (κ3) is 4.07. The van der Waals surface area contributed by atoms with E-state index in [4.69, 9.17) is 0 Å². The Morgan fingerprint density at radius 1 is 1.40 bits per heavy atom. The summed E-state index contributed by atoms with van der Waals surface area (Å²) in [5.74, 6) is 0.821. The van der Waals surface area contributed by atoms with Crippen molar-refractivity contribution >= 4 is 5.91 Å². The van der Waals surface area contributed by atoms with Crippen LogP contribution in [0.15, 0.2) is 30.3 Å². The lowest BCUT2D eigenvalue weighted by Gasteiger charge is -2.30. The second-order valence-electron chi connectivity index (χ2n) is 5.83. The zero-order valence-electron chi connectivity index (χ0n) is 12.6. The summed E-state index contributed by atoms with van der Waals surface area (Å²) in [6, 6.07) is 10.6. The minimum Gasteiger partial charge on any atom is -0.336 e. The predicted molar refractivity (Wildman–Crippen MR) is 82.3 cm³/mol. The van der Waals surface area contributed by atoms with E-state index in [2.05, 4.69) is 31.3 Å². The molecule has 0 spiro atoms. The van der Waals surface area contributed by atoms with Crippen LogP contribution in [-0.4, -0.2) is 29.9 Å². The number of amides is 1. The fourth-order valence-corrected chi connectivity index (χ4v) is 2.74. The number of nitrogens with one attached hydrogen (secondary N) is 1. The van der Waals surface area contributed by atoms with Gasteiger partial charge in [-0.15, -0.1) is 0 Å². The fourth-order valence-electron chi connectivity index (χ4n) is 2.74. The Morgan fingerprint density at radius 2 is 2.15 bits per heavy atom. The first-order valence-electron chi connectivity index (χ1n) is 7.74. The Bertz CT molecular complexity index is 412. The molecular weight excluding hydrogens is 248 g/mol. The van der Waals surface area contributed by atoms with Crippen molar-refractivity contribution in [2.24, 2.45) is 5.92 Å². The maximum atomic E-state index is 12.6. The molecular formula is C17H26N2O. The van der Waals surface area contributed by atoms with E-state index < -0.39 is 0 Å². The predicted octanol–water partition coefficient (Wildman–Crippen LogP) is 2.81. The molecule has 2 unspecified atom stereocenters. The van der Waals surface area contributed by atoms with Crippen molar-refractivity contribution in [2.75, 3.05) is 13.1 Å². The smallest absolute Gasteiger partial charge is 0.223 e. The number of carbonyl (C=O) groups excluding carboxylic acids is 1. The molecule has 0 aromatic heterocycles. The number of rotatable bonds is 6. The van der Waals surface area contributed by atoms with Crippen LogP contribution in [0, 0.1) is 5.92 Å². The second kappa shape index (κ2) is 7.44. The molecule has 1 heterocycles. The molecule has 1 aliphatic heterocycles. The molecule has 0 saturated carbocycles. The molecule has 1 aliphatic rings. The number of nitrogens with zero attached hydrogens (tertiary/aromatic N) is 1. The van der Waals surface area contributed by atoms with Crippen LogP contribution in [0.1, 0.15) is 38.7 Å². The first kappa shape index (κ1) is 15.0. The number of benzene rings is 1. The van der Waals surface area contributed by atoms with Crippen LogP contribution in [0.2, 0.25) is 0 Å². The summed E-state index contributed by atoms with van der Waals surface area (Å²) in [6.45, 7) is 7.07. The normalized spacial score (nSPS) is 19.8. The van der Waals surface area contributed by atoms with Gasteiger partial charge >= 0.3 is 0 Å². The Morgan fingerprint density at radius 3 is 2.75 bits per heavy atom. The maximum absolute atomic E-state index is 12.6. The molecule has 2 rings (SSSR count). The van der Waals surface area contributed by atoms with Gasteiger partial charge in [0.2, 0.25) is 5.91 Å². The monoisotopic (exact) mass is 274 g/mol. The molecule has 20 heavy (non-hydrogen) atoms. The summed E-state index contributed by atoms with van der Waals surface area (Å²) < 4.78 is 0. The highest BCUT2D eigenvalue weighted by atomic mass is 16.2. The first-order chi connectivity index (χ1) is 9.70. The Balaban J connectivity index is 2.00. The minimum absolute atomic E-state index is 0.303. The Labute approximate surface area is 122 Å². The van der Waals surface area contributed by atoms with Crippen LogP contribution >= 0.6 is 0 Å². The van der Waals surface area contributed by atoms with Gasteiger partial charge in [-0.25, -0.2) is 0 Å². The average molecular weight is 274 g/mol. The summed E-state index contributed by atoms with van der Waals surface area (Å²) in [4.78, 5) is 14.7. The van der Waals surface area contributed by atoms with E-state index in [0.717, 1.165) is 32.5 Å². The van der Waals surface area contributed by atoms with Crippen LogP contribution in [-0.2, 0) is 11.3 Å². The third-order valence-electron chi connectivity index (χ3n) is 4.26. The van der Waals surface area contributed by atoms with Gasteiger partial charge in [0, 0.05) is 19.0 Å². The highest BCUT2D eigenvalue weighted by Gasteiger charge is 2.24. The standard InChI is InChI=1S/C17H26N2O/c1-3-14(2)19(13-15-7-5-4-6-8-15)17(20)11-16-9-10-18-12-16/h4-8,14,16,18H,3,9-13H2,1-2H3. The lowest BCUT2D eigenvalue weighted by atomic mass is 10.0. The maximum Gasteiger partial charge on any atom is 0.223 e. The van der Waals surface area contributed by atoms with Crippen LogP contribution in [0.3, 0.4) is 0 Å². The quantitative estimate of drug-likeness (QED) is 0.865. The molecule has 1 aromatic rings. The van der Waals surface area contributed by atoms with Gasteiger partial charge in [0.1, 0.15) is 0 Å². The summed E-state index contributed by atoms with van der Waals surface area (Å²) >= 11 is 0. The van der Waals surface area contributed by atoms with Crippen LogP contribution in [0.25, 0.3) is 0 Å². The van der Waals surface area contributed by atoms with Gasteiger partial charge in [0.15, 0.2) is 0 Å². The second-order valence-corrected chi connectivity index (χ2v) is 5.83. The average Bonchev–Trinajstić information content (AvgIpc) is 2.98. The molecule has 0 bridgehead atoms. The number of carbonyl (C=O) groups is 1. The molecule has 0 aliphatic carbocycles. The molecule has 1 N–H and O–H groups in total. The molecule has 0 radical (unpaired) electrons. The van der Waals surface area contributed by atoms with Gasteiger partial charge in [-0.1, -0.05) is 37.3 Å². The molecule has 3 heteroatoms. The topological polar surface area (TPSA) is 32.3 Å². The molecule has 1 fully saturated rings. The summed E-state index contributed by atoms with van der Waals surface area (Å²) in [7, 11) is 0. The Hall–Kier alpha value is -1.35. The van der Waals surface area contributed by atoms with Gasteiger partial charge in [0.25, 0.3) is 0 Å². The van der Waals surface area contributed by atoms with E-state index >= 15 is 0 Å². The fraction of sp³-hybridized carbons (Fsp3) is 0.588. The van der Waals surface area contributed by atoms with Crippen molar-refractivity contribution in [1.29, 1.82) is 0 Å². The van der Waals surface area contributed by atoms with E-state index in [1.165, 1.54) is 5.56 Å². The molecule has 1 aromatic carbocycles. The van der Waals surface area contributed by atoms with Crippen LogP contribution in [0.5, 0.6) is 0 Å². The molecule has 1 amide bonds. The highest BCUT2D eigenvalue weighted by molar-refractivity contribution is 5.76. The first-order valence-corrected chi connectivity index (χ1v) is 7.74. The van der Waals surface area contributed by atoms with Gasteiger partial charge in [-0.2, -0.15) is 0 Å². The summed E-state index contributed by atoms with van der Waals surface area (Å²) in [5, 5.41) is 3.34. The highest BCUT2D eigenvalue weighted by Crippen LogP contribution is 2.18. The van der Waals surface area contributed by atoms with Gasteiger partial charge < -0.3 is 10.2 Å². The molecule has 3 nitrogen and oxygen atoms in total. The SMILES string of the molecule is CCC(C)N(Cc1ccccc1)C(=O)CC1CCNC1. The van der Waals surface area contributed by atoms with Crippen molar-refractivity contribution in [3.05, 3.63) is 35.9 Å². The Kier molecular flexibility index (Phi) is 5.60. The van der Waals surface area contributed by atoms with Crippen molar-refractivity contribution < 1.29 is 4.79 Å². The lowest BCUT2D eigenvalue weighted by Crippen LogP contribution is -2.38. The van der Waals surface area contributed by atoms with Crippen molar-refractivity contribution in [3.8, 4) is 0 Å². The van der Waals surface area contributed by atoms with E-state index in [0.29, 0.717) is 24.3 Å². The van der Waals surface area contributed by atoms with Gasteiger partial charge in [-0.3, -0.25) is 4.79 Å². The van der Waals surface area contributed by atoms with Crippen molar-refractivity contribution in [1.82, 2.24) is 10.2 Å². The van der Waals surface area contributed by atoms with E-state index in [1.807, 2.05) is 23.1 Å². The zero-order valence-corrected chi connectivity index (χ0v) is 12.6. The van der Waals surface area contributed by atoms with Crippen molar-refractivity contribution in [2.45, 2.75) is 45.7 Å². The van der Waals surface area contributed by atoms with E-state index in [9.17, 15) is 4.79 Å². The van der Waals surface area contributed by atoms with Gasteiger partial charge in [0.05, 0.1) is 0 Å². The number of hydrogen-bond acceptors (Lipinski definition) is 2. The summed E-state index contributed by atoms with van der Waals surface area (Å²) in [5.41, 5.74) is 1.21. The molecule has 2 atom stereocenters. The molecule has 110 valence electrons. The summed E-state index contributed by atoms with van der Waals surface area (Å²) in [6.07, 6.45) is 2.82. The lowest BCUT2D eigenvalue weighted by molar-refractivity contribution is -0.134. The van der Waals surface area contributed by atoms with E-state index in [-0.39, 0.29) is 0 Å². The number of hydrogen-bond donors (Lipinski definition) is 1. The zero-order chi connectivity index (χ0) is 14.4. The van der Waals surface area contributed by atoms with Crippen LogP contribution < -0.4 is 5.32 Å². The molecule has 1 saturated heterocycles. The largest absolute Gasteiger partial charge is 0.336 e. The third-order valence-corrected chi connectivity index (χ3v) is 4.26. The van der Waals surface area contributed by atoms with Crippen molar-refractivity contribution in [3.63, 3.8) is 0 Å². The van der Waals surface area contributed by atoms with E-state index in [1.54, 1.807) is 0 Å². The van der Waals surface area contributed by atoms with Crippen LogP contribution in [0.4, 0.5) is 0 Å². The minimum atomic E-state index is 0.303. The van der Waals surface area contributed by atoms with Gasteiger partial charge in [-0.05, 0) is 44.3 Å².